The second kappa shape index (κ2) is 12.2. The molecule has 4 nitrogen and oxygen atoms in total. The number of hydrogen-bond donors (Lipinski definition) is 1. The molecule has 0 amide bonds. The van der Waals surface area contributed by atoms with Crippen LogP contribution in [-0.2, 0) is 0 Å². The molecule has 214 valence electrons. The van der Waals surface area contributed by atoms with Crippen LogP contribution in [0.2, 0.25) is 0 Å². The Morgan fingerprint density at radius 3 is 1.68 bits per heavy atom. The normalized spacial score (nSPS) is 11.1. The summed E-state index contributed by atoms with van der Waals surface area (Å²) in [5.41, 5.74) is 9.40. The predicted molar refractivity (Wildman–Crippen MR) is 182 cm³/mol. The van der Waals surface area contributed by atoms with E-state index < -0.39 is 16.6 Å². The minimum atomic E-state index is -0.832. The monoisotopic (exact) mass is 573 g/mol. The Morgan fingerprint density at radius 1 is 0.614 bits per heavy atom. The lowest BCUT2D eigenvalue weighted by molar-refractivity contribution is 0.461. The standard InChI is InChI=1S/C40H31NO3/c1-27-13-24-37(28(2)25-27)41(33-19-14-29(15-20-33)18-23-35-38(42)40(44)39(35)43)34-21-16-30(17-22-34)26-36(31-9-5-3-6-10-31)32-11-7-4-8-12-32/h3-26,42H,1-2H3/b23-18+. The summed E-state index contributed by atoms with van der Waals surface area (Å²) in [6, 6.07) is 43.8. The molecule has 44 heavy (non-hydrogen) atoms. The molecule has 0 aliphatic rings. The summed E-state index contributed by atoms with van der Waals surface area (Å²) >= 11 is 0. The highest BCUT2D eigenvalue weighted by Crippen LogP contribution is 2.37. The third-order valence-electron chi connectivity index (χ3n) is 7.74. The van der Waals surface area contributed by atoms with Crippen LogP contribution < -0.4 is 15.8 Å². The van der Waals surface area contributed by atoms with Gasteiger partial charge in [-0.3, -0.25) is 9.59 Å². The first-order valence-corrected chi connectivity index (χ1v) is 14.5. The van der Waals surface area contributed by atoms with Gasteiger partial charge in [0.15, 0.2) is 5.75 Å². The van der Waals surface area contributed by atoms with Crippen LogP contribution in [0.3, 0.4) is 0 Å². The van der Waals surface area contributed by atoms with Gasteiger partial charge in [-0.15, -0.1) is 0 Å². The van der Waals surface area contributed by atoms with Crippen molar-refractivity contribution < 1.29 is 5.11 Å². The molecule has 6 aromatic rings. The largest absolute Gasteiger partial charge is 0.504 e. The molecule has 0 heterocycles. The van der Waals surface area contributed by atoms with E-state index in [9.17, 15) is 14.7 Å². The topological polar surface area (TPSA) is 57.6 Å². The number of rotatable bonds is 8. The van der Waals surface area contributed by atoms with Crippen molar-refractivity contribution in [3.8, 4) is 5.75 Å². The molecular weight excluding hydrogens is 542 g/mol. The van der Waals surface area contributed by atoms with E-state index in [4.69, 9.17) is 0 Å². The van der Waals surface area contributed by atoms with Crippen molar-refractivity contribution in [3.63, 3.8) is 0 Å². The Morgan fingerprint density at radius 2 is 1.16 bits per heavy atom. The highest BCUT2D eigenvalue weighted by atomic mass is 16.3. The number of aromatic hydroxyl groups is 1. The lowest BCUT2D eigenvalue weighted by atomic mass is 9.95. The summed E-state index contributed by atoms with van der Waals surface area (Å²) in [4.78, 5) is 25.3. The Bertz CT molecular complexity index is 2010. The number of nitrogens with zero attached hydrogens (tertiary/aromatic N) is 1. The van der Waals surface area contributed by atoms with Gasteiger partial charge in [0.25, 0.3) is 5.43 Å². The zero-order chi connectivity index (χ0) is 30.6. The summed E-state index contributed by atoms with van der Waals surface area (Å²) in [6.45, 7) is 4.21. The van der Waals surface area contributed by atoms with Gasteiger partial charge in [0, 0.05) is 17.1 Å². The van der Waals surface area contributed by atoms with Gasteiger partial charge < -0.3 is 10.0 Å². The molecule has 6 rings (SSSR count). The predicted octanol–water partition coefficient (Wildman–Crippen LogP) is 8.83. The fraction of sp³-hybridized carbons (Fsp3) is 0.0500. The Balaban J connectivity index is 1.36. The second-order valence-electron chi connectivity index (χ2n) is 10.9. The molecule has 0 unspecified atom stereocenters. The molecule has 4 heteroatoms. The van der Waals surface area contributed by atoms with Crippen molar-refractivity contribution in [2.75, 3.05) is 4.90 Å². The highest BCUT2D eigenvalue weighted by Gasteiger charge is 2.17. The quantitative estimate of drug-likeness (QED) is 0.146. The van der Waals surface area contributed by atoms with Gasteiger partial charge in [-0.25, -0.2) is 0 Å². The third kappa shape index (κ3) is 5.79. The maximum absolute atomic E-state index is 11.7. The van der Waals surface area contributed by atoms with Crippen LogP contribution in [0.15, 0.2) is 137 Å². The van der Waals surface area contributed by atoms with Gasteiger partial charge in [-0.1, -0.05) is 109 Å². The van der Waals surface area contributed by atoms with E-state index in [0.29, 0.717) is 0 Å². The molecule has 0 bridgehead atoms. The maximum atomic E-state index is 11.7. The average Bonchev–Trinajstić information content (AvgIpc) is 3.06. The number of benzene rings is 5. The number of hydrogen-bond acceptors (Lipinski definition) is 4. The van der Waals surface area contributed by atoms with Gasteiger partial charge in [0.2, 0.25) is 5.43 Å². The smallest absolute Gasteiger partial charge is 0.268 e. The summed E-state index contributed by atoms with van der Waals surface area (Å²) in [5.74, 6) is -0.471. The van der Waals surface area contributed by atoms with Gasteiger partial charge in [-0.2, -0.15) is 0 Å². The molecule has 0 saturated heterocycles. The summed E-state index contributed by atoms with van der Waals surface area (Å²) in [5, 5.41) is 9.67. The molecule has 0 atom stereocenters. The number of aryl methyl sites for hydroxylation is 2. The minimum absolute atomic E-state index is 0.0489. The van der Waals surface area contributed by atoms with Gasteiger partial charge in [0.05, 0.1) is 5.56 Å². The van der Waals surface area contributed by atoms with Crippen LogP contribution in [0, 0.1) is 13.8 Å². The molecular formula is C40H31NO3. The van der Waals surface area contributed by atoms with Crippen molar-refractivity contribution in [1.82, 2.24) is 0 Å². The molecule has 0 saturated carbocycles. The fourth-order valence-corrected chi connectivity index (χ4v) is 5.40. The molecule has 1 N–H and O–H groups in total. The lowest BCUT2D eigenvalue weighted by Crippen LogP contribution is -2.32. The average molecular weight is 574 g/mol. The second-order valence-corrected chi connectivity index (χ2v) is 10.9. The molecule has 6 aromatic carbocycles. The first-order valence-electron chi connectivity index (χ1n) is 14.5. The third-order valence-corrected chi connectivity index (χ3v) is 7.74. The molecule has 0 fully saturated rings. The maximum Gasteiger partial charge on any atom is 0.268 e. The highest BCUT2D eigenvalue weighted by molar-refractivity contribution is 5.92. The summed E-state index contributed by atoms with van der Waals surface area (Å²) in [6.07, 6.45) is 5.44. The van der Waals surface area contributed by atoms with Crippen LogP contribution in [0.4, 0.5) is 17.1 Å². The lowest BCUT2D eigenvalue weighted by Gasteiger charge is -2.27. The van der Waals surface area contributed by atoms with E-state index in [1.54, 1.807) is 6.08 Å². The minimum Gasteiger partial charge on any atom is -0.504 e. The van der Waals surface area contributed by atoms with E-state index in [-0.39, 0.29) is 5.56 Å². The first-order chi connectivity index (χ1) is 21.4. The zero-order valence-corrected chi connectivity index (χ0v) is 24.6. The van der Waals surface area contributed by atoms with E-state index in [0.717, 1.165) is 50.5 Å². The van der Waals surface area contributed by atoms with Gasteiger partial charge in [0.1, 0.15) is 0 Å². The van der Waals surface area contributed by atoms with Crippen LogP contribution in [-0.4, -0.2) is 5.11 Å². The van der Waals surface area contributed by atoms with E-state index in [1.807, 2.05) is 36.4 Å². The first kappa shape index (κ1) is 28.4. The van der Waals surface area contributed by atoms with Crippen LogP contribution in [0.1, 0.15) is 38.9 Å². The fourth-order valence-electron chi connectivity index (χ4n) is 5.40. The number of anilines is 3. The molecule has 0 spiro atoms. The Kier molecular flexibility index (Phi) is 7.90. The van der Waals surface area contributed by atoms with Gasteiger partial charge in [-0.05, 0) is 89.7 Å². The van der Waals surface area contributed by atoms with Crippen molar-refractivity contribution in [3.05, 3.63) is 187 Å². The van der Waals surface area contributed by atoms with Crippen molar-refractivity contribution >= 4 is 40.9 Å². The molecule has 0 aromatic heterocycles. The van der Waals surface area contributed by atoms with Crippen molar-refractivity contribution in [2.45, 2.75) is 13.8 Å². The van der Waals surface area contributed by atoms with E-state index >= 15 is 0 Å². The Labute approximate surface area is 256 Å². The summed E-state index contributed by atoms with van der Waals surface area (Å²) in [7, 11) is 0. The van der Waals surface area contributed by atoms with Crippen LogP contribution in [0.25, 0.3) is 23.8 Å². The van der Waals surface area contributed by atoms with E-state index in [2.05, 4.69) is 116 Å². The molecule has 0 aliphatic heterocycles. The molecule has 0 radical (unpaired) electrons. The van der Waals surface area contributed by atoms with Crippen molar-refractivity contribution in [2.24, 2.45) is 0 Å². The summed E-state index contributed by atoms with van der Waals surface area (Å²) < 4.78 is 0. The van der Waals surface area contributed by atoms with E-state index in [1.165, 1.54) is 11.6 Å². The van der Waals surface area contributed by atoms with Crippen LogP contribution in [0.5, 0.6) is 5.75 Å². The zero-order valence-electron chi connectivity index (χ0n) is 24.6. The Hall–Kier alpha value is -5.74. The molecule has 0 aliphatic carbocycles. The van der Waals surface area contributed by atoms with Gasteiger partial charge >= 0.3 is 0 Å². The van der Waals surface area contributed by atoms with Crippen molar-refractivity contribution in [1.29, 1.82) is 0 Å². The SMILES string of the molecule is Cc1ccc(N(c2ccc(C=C(c3ccccc3)c3ccccc3)cc2)c2ccc(/C=C/c3c(O)c(=O)c3=O)cc2)c(C)c1. The van der Waals surface area contributed by atoms with Crippen LogP contribution >= 0.6 is 0 Å².